The van der Waals surface area contributed by atoms with Crippen LogP contribution in [0.15, 0.2) is 54.6 Å². The van der Waals surface area contributed by atoms with Crippen LogP contribution in [-0.4, -0.2) is 42.6 Å². The van der Waals surface area contributed by atoms with Gasteiger partial charge in [0.25, 0.3) is 0 Å². The minimum atomic E-state index is -0.637. The molecule has 142 valence electrons. The fourth-order valence-corrected chi connectivity index (χ4v) is 3.02. The van der Waals surface area contributed by atoms with Crippen LogP contribution in [0, 0.1) is 0 Å². The summed E-state index contributed by atoms with van der Waals surface area (Å²) in [6, 6.07) is 16.6. The molecule has 1 aliphatic rings. The fraction of sp³-hybridized carbons (Fsp3) is 0.333. The Morgan fingerprint density at radius 1 is 1.19 bits per heavy atom. The Morgan fingerprint density at radius 2 is 1.96 bits per heavy atom. The van der Waals surface area contributed by atoms with Gasteiger partial charge in [0.15, 0.2) is 0 Å². The maximum atomic E-state index is 12.7. The van der Waals surface area contributed by atoms with Crippen LogP contribution in [0.25, 0.3) is 0 Å². The molecule has 0 saturated carbocycles. The zero-order valence-corrected chi connectivity index (χ0v) is 15.4. The molecule has 0 unspecified atom stereocenters. The molecule has 0 radical (unpaired) electrons. The van der Waals surface area contributed by atoms with Gasteiger partial charge >= 0.3 is 0 Å². The van der Waals surface area contributed by atoms with E-state index in [9.17, 15) is 9.59 Å². The average Bonchev–Trinajstić information content (AvgIpc) is 2.69. The van der Waals surface area contributed by atoms with E-state index in [0.29, 0.717) is 19.7 Å². The van der Waals surface area contributed by atoms with Gasteiger partial charge in [-0.1, -0.05) is 42.5 Å². The molecular weight excluding hydrogens is 344 g/mol. The predicted octanol–water partition coefficient (Wildman–Crippen LogP) is 2.13. The first-order valence-electron chi connectivity index (χ1n) is 9.08. The lowest BCUT2D eigenvalue weighted by Crippen LogP contribution is -2.55. The van der Waals surface area contributed by atoms with Crippen LogP contribution in [-0.2, 0) is 27.4 Å². The summed E-state index contributed by atoms with van der Waals surface area (Å²) in [5.41, 5.74) is 1.92. The second kappa shape index (κ2) is 9.19. The van der Waals surface area contributed by atoms with Gasteiger partial charge in [0.2, 0.25) is 11.8 Å². The predicted molar refractivity (Wildman–Crippen MR) is 101 cm³/mol. The van der Waals surface area contributed by atoms with E-state index >= 15 is 0 Å². The minimum Gasteiger partial charge on any atom is -0.494 e. The third-order valence-corrected chi connectivity index (χ3v) is 4.37. The first kappa shape index (κ1) is 18.9. The summed E-state index contributed by atoms with van der Waals surface area (Å²) in [6.07, 6.45) is 0. The summed E-state index contributed by atoms with van der Waals surface area (Å²) in [5.74, 6) is 0.371. The molecule has 6 heteroatoms. The van der Waals surface area contributed by atoms with E-state index < -0.39 is 6.04 Å². The number of nitrogens with one attached hydrogen (secondary N) is 1. The number of morpholine rings is 1. The second-order valence-corrected chi connectivity index (χ2v) is 6.34. The summed E-state index contributed by atoms with van der Waals surface area (Å²) in [4.78, 5) is 26.6. The van der Waals surface area contributed by atoms with E-state index in [4.69, 9.17) is 9.47 Å². The van der Waals surface area contributed by atoms with Crippen molar-refractivity contribution in [2.24, 2.45) is 0 Å². The first-order chi connectivity index (χ1) is 13.2. The monoisotopic (exact) mass is 368 g/mol. The van der Waals surface area contributed by atoms with Crippen LogP contribution in [0.5, 0.6) is 5.75 Å². The Balaban J connectivity index is 1.64. The quantitative estimate of drug-likeness (QED) is 0.813. The summed E-state index contributed by atoms with van der Waals surface area (Å²) in [7, 11) is 0. The largest absolute Gasteiger partial charge is 0.494 e. The molecular formula is C21H24N2O4. The fourth-order valence-electron chi connectivity index (χ4n) is 3.02. The van der Waals surface area contributed by atoms with Gasteiger partial charge in [0, 0.05) is 13.1 Å². The van der Waals surface area contributed by atoms with Gasteiger partial charge in [-0.3, -0.25) is 9.59 Å². The molecule has 1 fully saturated rings. The minimum absolute atomic E-state index is 0.00696. The molecule has 2 aromatic rings. The van der Waals surface area contributed by atoms with E-state index in [1.165, 1.54) is 0 Å². The first-order valence-corrected chi connectivity index (χ1v) is 9.08. The molecule has 1 N–H and O–H groups in total. The van der Waals surface area contributed by atoms with E-state index in [2.05, 4.69) is 5.32 Å². The van der Waals surface area contributed by atoms with Gasteiger partial charge in [-0.15, -0.1) is 0 Å². The number of hydrogen-bond donors (Lipinski definition) is 1. The number of carbonyl (C=O) groups is 2. The van der Waals surface area contributed by atoms with Gasteiger partial charge < -0.3 is 19.7 Å². The van der Waals surface area contributed by atoms with E-state index in [0.717, 1.165) is 16.9 Å². The molecule has 3 rings (SSSR count). The lowest BCUT2D eigenvalue weighted by Gasteiger charge is -2.34. The van der Waals surface area contributed by atoms with Crippen LogP contribution in [0.4, 0.5) is 0 Å². The van der Waals surface area contributed by atoms with Crippen molar-refractivity contribution in [3.8, 4) is 5.75 Å². The van der Waals surface area contributed by atoms with Crippen molar-refractivity contribution in [1.82, 2.24) is 10.2 Å². The molecule has 1 aliphatic heterocycles. The third kappa shape index (κ3) is 5.08. The van der Waals surface area contributed by atoms with Gasteiger partial charge in [-0.05, 0) is 30.2 Å². The van der Waals surface area contributed by atoms with E-state index in [1.807, 2.05) is 61.5 Å². The molecule has 0 aliphatic carbocycles. The molecule has 2 aromatic carbocycles. The maximum absolute atomic E-state index is 12.7. The SMILES string of the molecule is CCOc1cccc(CNC(=O)[C@@H]2COCC(=O)N2Cc2ccccc2)c1. The molecule has 1 saturated heterocycles. The maximum Gasteiger partial charge on any atom is 0.249 e. The normalized spacial score (nSPS) is 16.9. The number of hydrogen-bond acceptors (Lipinski definition) is 4. The Labute approximate surface area is 159 Å². The average molecular weight is 368 g/mol. The molecule has 0 bridgehead atoms. The Kier molecular flexibility index (Phi) is 6.44. The van der Waals surface area contributed by atoms with Crippen molar-refractivity contribution in [2.45, 2.75) is 26.1 Å². The van der Waals surface area contributed by atoms with Crippen molar-refractivity contribution < 1.29 is 19.1 Å². The summed E-state index contributed by atoms with van der Waals surface area (Å²) < 4.78 is 10.8. The summed E-state index contributed by atoms with van der Waals surface area (Å²) in [5, 5.41) is 2.91. The van der Waals surface area contributed by atoms with Crippen molar-refractivity contribution in [2.75, 3.05) is 19.8 Å². The molecule has 0 aromatic heterocycles. The van der Waals surface area contributed by atoms with Gasteiger partial charge in [0.05, 0.1) is 13.2 Å². The lowest BCUT2D eigenvalue weighted by molar-refractivity contribution is -0.155. The highest BCUT2D eigenvalue weighted by molar-refractivity contribution is 5.89. The smallest absolute Gasteiger partial charge is 0.249 e. The highest BCUT2D eigenvalue weighted by atomic mass is 16.5. The van der Waals surface area contributed by atoms with Gasteiger partial charge in [-0.2, -0.15) is 0 Å². The third-order valence-electron chi connectivity index (χ3n) is 4.37. The Bertz CT molecular complexity index is 779. The van der Waals surface area contributed by atoms with Crippen molar-refractivity contribution >= 4 is 11.8 Å². The van der Waals surface area contributed by atoms with Crippen LogP contribution >= 0.6 is 0 Å². The molecule has 6 nitrogen and oxygen atoms in total. The molecule has 27 heavy (non-hydrogen) atoms. The van der Waals surface area contributed by atoms with Crippen molar-refractivity contribution in [1.29, 1.82) is 0 Å². The standard InChI is InChI=1S/C21H24N2O4/c1-2-27-18-10-6-9-17(11-18)12-22-21(25)19-14-26-15-20(24)23(19)13-16-7-4-3-5-8-16/h3-11,19H,2,12-15H2,1H3,(H,22,25)/t19-/m0/s1. The Morgan fingerprint density at radius 3 is 2.74 bits per heavy atom. The van der Waals surface area contributed by atoms with Crippen molar-refractivity contribution in [3.63, 3.8) is 0 Å². The summed E-state index contributed by atoms with van der Waals surface area (Å²) in [6.45, 7) is 3.47. The lowest BCUT2D eigenvalue weighted by atomic mass is 10.1. The molecule has 1 heterocycles. The van der Waals surface area contributed by atoms with Crippen LogP contribution < -0.4 is 10.1 Å². The summed E-state index contributed by atoms with van der Waals surface area (Å²) >= 11 is 0. The van der Waals surface area contributed by atoms with Crippen LogP contribution in [0.3, 0.4) is 0 Å². The number of rotatable bonds is 7. The highest BCUT2D eigenvalue weighted by Gasteiger charge is 2.33. The zero-order valence-electron chi connectivity index (χ0n) is 15.4. The topological polar surface area (TPSA) is 67.9 Å². The van der Waals surface area contributed by atoms with E-state index in [-0.39, 0.29) is 25.0 Å². The van der Waals surface area contributed by atoms with Gasteiger partial charge in [-0.25, -0.2) is 0 Å². The van der Waals surface area contributed by atoms with Crippen LogP contribution in [0.1, 0.15) is 18.1 Å². The van der Waals surface area contributed by atoms with Crippen LogP contribution in [0.2, 0.25) is 0 Å². The second-order valence-electron chi connectivity index (χ2n) is 6.34. The molecule has 2 amide bonds. The number of amides is 2. The zero-order chi connectivity index (χ0) is 19.1. The van der Waals surface area contributed by atoms with E-state index in [1.54, 1.807) is 4.90 Å². The molecule has 0 spiro atoms. The van der Waals surface area contributed by atoms with Crippen molar-refractivity contribution in [3.05, 3.63) is 65.7 Å². The number of carbonyl (C=O) groups excluding carboxylic acids is 2. The molecule has 1 atom stereocenters. The number of benzene rings is 2. The van der Waals surface area contributed by atoms with Gasteiger partial charge in [0.1, 0.15) is 18.4 Å². The highest BCUT2D eigenvalue weighted by Crippen LogP contribution is 2.15. The number of nitrogens with zero attached hydrogens (tertiary/aromatic N) is 1. The Hall–Kier alpha value is -2.86. The number of ether oxygens (including phenoxy) is 2.